The van der Waals surface area contributed by atoms with Crippen LogP contribution in [0.5, 0.6) is 0 Å². The van der Waals surface area contributed by atoms with Crippen molar-refractivity contribution in [1.82, 2.24) is 9.80 Å². The lowest BCUT2D eigenvalue weighted by Crippen LogP contribution is -2.41. The van der Waals surface area contributed by atoms with E-state index in [9.17, 15) is 14.4 Å². The predicted molar refractivity (Wildman–Crippen MR) is 165 cm³/mol. The van der Waals surface area contributed by atoms with E-state index >= 15 is 0 Å². The van der Waals surface area contributed by atoms with Crippen LogP contribution in [0.4, 0.5) is 17.1 Å². The van der Waals surface area contributed by atoms with Gasteiger partial charge in [-0.1, -0.05) is 48.0 Å². The molecule has 2 aliphatic heterocycles. The average molecular weight is 572 g/mol. The van der Waals surface area contributed by atoms with Gasteiger partial charge in [-0.05, 0) is 67.9 Å². The number of hydrogen-bond acceptors (Lipinski definition) is 5. The van der Waals surface area contributed by atoms with Crippen molar-refractivity contribution in [3.8, 4) is 0 Å². The summed E-state index contributed by atoms with van der Waals surface area (Å²) in [6.45, 7) is 2.68. The summed E-state index contributed by atoms with van der Waals surface area (Å²) < 4.78 is 0. The summed E-state index contributed by atoms with van der Waals surface area (Å²) in [5.74, 6) is -0.455. The number of anilines is 3. The van der Waals surface area contributed by atoms with Crippen LogP contribution in [-0.2, 0) is 14.4 Å². The first kappa shape index (κ1) is 28.4. The van der Waals surface area contributed by atoms with Gasteiger partial charge in [0.1, 0.15) is 6.54 Å². The summed E-state index contributed by atoms with van der Waals surface area (Å²) in [5, 5.41) is 6.90. The van der Waals surface area contributed by atoms with Crippen molar-refractivity contribution in [1.29, 1.82) is 0 Å². The number of nitrogens with zero attached hydrogens (tertiary/aromatic N) is 3. The number of halogens is 1. The molecule has 41 heavy (non-hydrogen) atoms. The van der Waals surface area contributed by atoms with Crippen molar-refractivity contribution >= 4 is 57.7 Å². The molecule has 3 aromatic rings. The zero-order chi connectivity index (χ0) is 28.9. The van der Waals surface area contributed by atoms with Crippen molar-refractivity contribution in [2.45, 2.75) is 19.3 Å². The van der Waals surface area contributed by atoms with Crippen LogP contribution in [0, 0.1) is 0 Å². The van der Waals surface area contributed by atoms with Gasteiger partial charge in [0.2, 0.25) is 11.8 Å². The maximum atomic E-state index is 13.3. The fourth-order valence-corrected chi connectivity index (χ4v) is 5.31. The highest BCUT2D eigenvalue weighted by Gasteiger charge is 2.29. The highest BCUT2D eigenvalue weighted by molar-refractivity contribution is 6.38. The summed E-state index contributed by atoms with van der Waals surface area (Å²) in [5.41, 5.74) is 4.82. The number of rotatable bonds is 9. The molecule has 0 aromatic heterocycles. The number of likely N-dealkylation sites (tertiary alicyclic amines) is 1. The molecule has 1 fully saturated rings. The van der Waals surface area contributed by atoms with Gasteiger partial charge in [0, 0.05) is 49.0 Å². The van der Waals surface area contributed by atoms with Crippen molar-refractivity contribution in [2.75, 3.05) is 55.8 Å². The SMILES string of the molecule is CN(C)C(=O)CN(C(=O)CCN1CCCC1)c1ccc(N/C(=C2\C(=O)Nc3cc(Cl)ccc32)c2ccccc2)cc1. The smallest absolute Gasteiger partial charge is 0.258 e. The molecule has 8 nitrogen and oxygen atoms in total. The summed E-state index contributed by atoms with van der Waals surface area (Å²) >= 11 is 6.17. The third-order valence-corrected chi connectivity index (χ3v) is 7.66. The van der Waals surface area contributed by atoms with Crippen molar-refractivity contribution in [2.24, 2.45) is 0 Å². The minimum atomic E-state index is -0.220. The van der Waals surface area contributed by atoms with Gasteiger partial charge in [-0.3, -0.25) is 14.4 Å². The standard InChI is InChI=1S/C32H34ClN5O3/c1-36(2)29(40)21-38(28(39)16-19-37-17-6-7-18-37)25-13-11-24(12-14-25)34-31(22-8-4-3-5-9-22)30-26-15-10-23(33)20-27(26)35-32(30)41/h3-5,8-15,20,34H,6-7,16-19,21H2,1-2H3,(H,35,41)/b31-30-. The Morgan fingerprint density at radius 3 is 2.34 bits per heavy atom. The Labute approximate surface area is 245 Å². The molecule has 0 spiro atoms. The Morgan fingerprint density at radius 2 is 1.66 bits per heavy atom. The van der Waals surface area contributed by atoms with Crippen LogP contribution in [-0.4, -0.2) is 67.8 Å². The first-order valence-corrected chi connectivity index (χ1v) is 14.2. The fourth-order valence-electron chi connectivity index (χ4n) is 5.14. The third-order valence-electron chi connectivity index (χ3n) is 7.42. The summed E-state index contributed by atoms with van der Waals surface area (Å²) in [6.07, 6.45) is 2.67. The lowest BCUT2D eigenvalue weighted by molar-refractivity contribution is -0.129. The van der Waals surface area contributed by atoms with Crippen LogP contribution < -0.4 is 15.5 Å². The van der Waals surface area contributed by atoms with Crippen molar-refractivity contribution in [3.63, 3.8) is 0 Å². The molecule has 3 amide bonds. The number of carbonyl (C=O) groups excluding carboxylic acids is 3. The molecule has 0 aliphatic carbocycles. The number of benzene rings is 3. The molecule has 212 valence electrons. The monoisotopic (exact) mass is 571 g/mol. The number of likely N-dealkylation sites (N-methyl/N-ethyl adjacent to an activating group) is 1. The van der Waals surface area contributed by atoms with Gasteiger partial charge in [-0.2, -0.15) is 0 Å². The number of carbonyl (C=O) groups is 3. The molecule has 0 unspecified atom stereocenters. The van der Waals surface area contributed by atoms with Gasteiger partial charge >= 0.3 is 0 Å². The average Bonchev–Trinajstić information content (AvgIpc) is 3.61. The minimum absolute atomic E-state index is 0.0303. The molecule has 2 heterocycles. The Kier molecular flexibility index (Phi) is 8.71. The van der Waals surface area contributed by atoms with Crippen LogP contribution in [0.1, 0.15) is 30.4 Å². The second-order valence-electron chi connectivity index (χ2n) is 10.5. The highest BCUT2D eigenvalue weighted by Crippen LogP contribution is 2.39. The summed E-state index contributed by atoms with van der Waals surface area (Å²) in [6, 6.07) is 22.4. The Balaban J connectivity index is 1.43. The molecular formula is C32H34ClN5O3. The molecule has 0 radical (unpaired) electrons. The largest absolute Gasteiger partial charge is 0.354 e. The second-order valence-corrected chi connectivity index (χ2v) is 10.9. The minimum Gasteiger partial charge on any atom is -0.354 e. The normalized spacial score (nSPS) is 15.7. The number of amides is 3. The molecule has 2 aliphatic rings. The van der Waals surface area contributed by atoms with Crippen molar-refractivity contribution in [3.05, 3.63) is 88.9 Å². The van der Waals surface area contributed by atoms with Crippen LogP contribution in [0.15, 0.2) is 72.8 Å². The topological polar surface area (TPSA) is 85.0 Å². The van der Waals surface area contributed by atoms with E-state index in [0.717, 1.165) is 42.7 Å². The molecule has 0 saturated carbocycles. The molecule has 0 atom stereocenters. The first-order chi connectivity index (χ1) is 19.8. The molecule has 1 saturated heterocycles. The van der Waals surface area contributed by atoms with E-state index in [1.165, 1.54) is 4.90 Å². The number of nitrogens with one attached hydrogen (secondary N) is 2. The van der Waals surface area contributed by atoms with E-state index in [0.29, 0.717) is 40.6 Å². The van der Waals surface area contributed by atoms with Gasteiger partial charge in [0.15, 0.2) is 0 Å². The quantitative estimate of drug-likeness (QED) is 0.346. The van der Waals surface area contributed by atoms with E-state index in [2.05, 4.69) is 15.5 Å². The maximum absolute atomic E-state index is 13.3. The first-order valence-electron chi connectivity index (χ1n) is 13.8. The molecule has 2 N–H and O–H groups in total. The second kappa shape index (κ2) is 12.6. The zero-order valence-electron chi connectivity index (χ0n) is 23.3. The lowest BCUT2D eigenvalue weighted by atomic mass is 10.00. The van der Waals surface area contributed by atoms with E-state index in [1.807, 2.05) is 60.7 Å². The Morgan fingerprint density at radius 1 is 0.951 bits per heavy atom. The number of fused-ring (bicyclic) bond motifs is 1. The van der Waals surface area contributed by atoms with E-state index in [1.54, 1.807) is 31.1 Å². The van der Waals surface area contributed by atoms with Crippen LogP contribution in [0.3, 0.4) is 0 Å². The highest BCUT2D eigenvalue weighted by atomic mass is 35.5. The predicted octanol–water partition coefficient (Wildman–Crippen LogP) is 5.18. The zero-order valence-corrected chi connectivity index (χ0v) is 24.1. The Bertz CT molecular complexity index is 1460. The van der Waals surface area contributed by atoms with E-state index < -0.39 is 0 Å². The van der Waals surface area contributed by atoms with Gasteiger partial charge in [0.05, 0.1) is 17.0 Å². The van der Waals surface area contributed by atoms with Crippen molar-refractivity contribution < 1.29 is 14.4 Å². The van der Waals surface area contributed by atoms with Gasteiger partial charge in [-0.15, -0.1) is 0 Å². The molecule has 0 bridgehead atoms. The summed E-state index contributed by atoms with van der Waals surface area (Å²) in [7, 11) is 3.37. The fraction of sp³-hybridized carbons (Fsp3) is 0.281. The Hall–Kier alpha value is -4.14. The number of hydrogen-bond donors (Lipinski definition) is 2. The molecule has 9 heteroatoms. The molecule has 5 rings (SSSR count). The maximum Gasteiger partial charge on any atom is 0.258 e. The molecule has 3 aromatic carbocycles. The van der Waals surface area contributed by atoms with Crippen LogP contribution in [0.25, 0.3) is 11.3 Å². The van der Waals surface area contributed by atoms with Gasteiger partial charge < -0.3 is 25.3 Å². The van der Waals surface area contributed by atoms with Crippen LogP contribution in [0.2, 0.25) is 5.02 Å². The summed E-state index contributed by atoms with van der Waals surface area (Å²) in [4.78, 5) is 44.4. The van der Waals surface area contributed by atoms with E-state index in [-0.39, 0.29) is 24.3 Å². The molecular weight excluding hydrogens is 538 g/mol. The van der Waals surface area contributed by atoms with E-state index in [4.69, 9.17) is 11.6 Å². The lowest BCUT2D eigenvalue weighted by Gasteiger charge is -2.25. The van der Waals surface area contributed by atoms with Gasteiger partial charge in [-0.25, -0.2) is 0 Å². The van der Waals surface area contributed by atoms with Crippen LogP contribution >= 0.6 is 11.6 Å². The van der Waals surface area contributed by atoms with Gasteiger partial charge in [0.25, 0.3) is 5.91 Å². The third kappa shape index (κ3) is 6.61.